The van der Waals surface area contributed by atoms with Crippen LogP contribution < -0.4 is 14.4 Å². The van der Waals surface area contributed by atoms with E-state index in [-0.39, 0.29) is 0 Å². The number of rotatable bonds is 5. The molecule has 3 aromatic heterocycles. The number of anilines is 1. The summed E-state index contributed by atoms with van der Waals surface area (Å²) in [6, 6.07) is 13.7. The Morgan fingerprint density at radius 2 is 1.86 bits per heavy atom. The van der Waals surface area contributed by atoms with Crippen molar-refractivity contribution < 1.29 is 14.2 Å². The van der Waals surface area contributed by atoms with Crippen molar-refractivity contribution in [2.75, 3.05) is 38.3 Å². The molecule has 1 aliphatic rings. The molecule has 29 heavy (non-hydrogen) atoms. The minimum Gasteiger partial charge on any atom is -0.497 e. The van der Waals surface area contributed by atoms with Gasteiger partial charge in [0.25, 0.3) is 0 Å². The Bertz CT molecular complexity index is 1140. The highest BCUT2D eigenvalue weighted by Crippen LogP contribution is 2.33. The highest BCUT2D eigenvalue weighted by atomic mass is 16.5. The summed E-state index contributed by atoms with van der Waals surface area (Å²) in [5.41, 5.74) is 2.75. The number of ether oxygens (including phenoxy) is 3. The van der Waals surface area contributed by atoms with E-state index in [0.717, 1.165) is 46.6 Å². The normalized spacial score (nSPS) is 14.4. The summed E-state index contributed by atoms with van der Waals surface area (Å²) in [7, 11) is 1.65. The van der Waals surface area contributed by atoms with Gasteiger partial charge in [-0.05, 0) is 29.8 Å². The summed E-state index contributed by atoms with van der Waals surface area (Å²) in [6.45, 7) is 3.26. The number of nitrogens with zero attached hydrogens (tertiary/aromatic N) is 5. The number of fused-ring (bicyclic) bond motifs is 3. The number of methoxy groups -OCH3 is 1. The zero-order chi connectivity index (χ0) is 19.6. The third-order valence-corrected chi connectivity index (χ3v) is 5.05. The summed E-state index contributed by atoms with van der Waals surface area (Å²) in [6.07, 6.45) is 1.92. The van der Waals surface area contributed by atoms with Crippen LogP contribution in [0.15, 0.2) is 48.7 Å². The van der Waals surface area contributed by atoms with Gasteiger partial charge in [0.05, 0.1) is 31.2 Å². The first-order valence-corrected chi connectivity index (χ1v) is 9.55. The summed E-state index contributed by atoms with van der Waals surface area (Å²) in [5, 5.41) is 14.5. The largest absolute Gasteiger partial charge is 0.497 e. The smallest absolute Gasteiger partial charge is 0.245 e. The lowest BCUT2D eigenvalue weighted by Gasteiger charge is -2.27. The predicted molar refractivity (Wildman–Crippen MR) is 109 cm³/mol. The molecule has 8 nitrogen and oxygen atoms in total. The Hall–Kier alpha value is -3.39. The zero-order valence-electron chi connectivity index (χ0n) is 16.1. The Labute approximate surface area is 167 Å². The fraction of sp³-hybridized carbons (Fsp3) is 0.286. The van der Waals surface area contributed by atoms with Gasteiger partial charge in [-0.2, -0.15) is 5.10 Å². The highest BCUT2D eigenvalue weighted by molar-refractivity contribution is 6.02. The van der Waals surface area contributed by atoms with Crippen LogP contribution in [-0.2, 0) is 11.3 Å². The minimum atomic E-state index is 0.384. The molecule has 0 N–H and O–H groups in total. The lowest BCUT2D eigenvalue weighted by molar-refractivity contribution is 0.122. The molecular formula is C21H21N5O3. The van der Waals surface area contributed by atoms with E-state index in [1.807, 2.05) is 53.2 Å². The Morgan fingerprint density at radius 1 is 1.03 bits per heavy atom. The standard InChI is InChI=1S/C21H21N5O3/c1-27-16-7-5-15(6-8-16)14-29-21-18-17-4-2-3-9-26(17)24-19(18)20(22-23-21)25-10-12-28-13-11-25/h2-9H,10-14H2,1H3. The molecule has 0 atom stereocenters. The first-order chi connectivity index (χ1) is 14.3. The lowest BCUT2D eigenvalue weighted by atomic mass is 10.2. The number of hydrogen-bond acceptors (Lipinski definition) is 7. The van der Waals surface area contributed by atoms with E-state index < -0.39 is 0 Å². The van der Waals surface area contributed by atoms with Crippen LogP contribution in [-0.4, -0.2) is 53.2 Å². The van der Waals surface area contributed by atoms with E-state index in [0.29, 0.717) is 25.7 Å². The van der Waals surface area contributed by atoms with Crippen LogP contribution in [0.25, 0.3) is 16.4 Å². The van der Waals surface area contributed by atoms with Crippen LogP contribution in [0.1, 0.15) is 5.56 Å². The van der Waals surface area contributed by atoms with E-state index in [9.17, 15) is 0 Å². The molecule has 4 heterocycles. The van der Waals surface area contributed by atoms with Crippen LogP contribution in [0.4, 0.5) is 5.82 Å². The van der Waals surface area contributed by atoms with E-state index in [1.54, 1.807) is 7.11 Å². The third-order valence-electron chi connectivity index (χ3n) is 5.05. The molecule has 0 amide bonds. The molecule has 8 heteroatoms. The van der Waals surface area contributed by atoms with Gasteiger partial charge in [-0.25, -0.2) is 4.52 Å². The van der Waals surface area contributed by atoms with Crippen LogP contribution in [0.2, 0.25) is 0 Å². The van der Waals surface area contributed by atoms with E-state index in [4.69, 9.17) is 19.3 Å². The average molecular weight is 391 g/mol. The molecule has 0 bridgehead atoms. The highest BCUT2D eigenvalue weighted by Gasteiger charge is 2.22. The SMILES string of the molecule is COc1ccc(COc2nnc(N3CCOCC3)c3nn4ccccc4c23)cc1. The van der Waals surface area contributed by atoms with E-state index >= 15 is 0 Å². The van der Waals surface area contributed by atoms with Crippen molar-refractivity contribution in [1.29, 1.82) is 0 Å². The summed E-state index contributed by atoms with van der Waals surface area (Å²) in [4.78, 5) is 2.17. The van der Waals surface area contributed by atoms with Crippen molar-refractivity contribution >= 4 is 22.2 Å². The van der Waals surface area contributed by atoms with Gasteiger partial charge in [-0.15, -0.1) is 10.2 Å². The molecule has 5 rings (SSSR count). The maximum atomic E-state index is 6.08. The van der Waals surface area contributed by atoms with Crippen molar-refractivity contribution in [2.24, 2.45) is 0 Å². The number of hydrogen-bond donors (Lipinski definition) is 0. The number of benzene rings is 1. The first-order valence-electron chi connectivity index (χ1n) is 9.55. The molecule has 148 valence electrons. The molecular weight excluding hydrogens is 370 g/mol. The topological polar surface area (TPSA) is 74.0 Å². The second-order valence-electron chi connectivity index (χ2n) is 6.82. The molecule has 4 aromatic rings. The van der Waals surface area contributed by atoms with Crippen LogP contribution in [0.5, 0.6) is 11.6 Å². The second-order valence-corrected chi connectivity index (χ2v) is 6.82. The first kappa shape index (κ1) is 17.7. The Morgan fingerprint density at radius 3 is 2.66 bits per heavy atom. The van der Waals surface area contributed by atoms with Gasteiger partial charge < -0.3 is 19.1 Å². The van der Waals surface area contributed by atoms with Gasteiger partial charge in [-0.1, -0.05) is 18.2 Å². The molecule has 1 aliphatic heterocycles. The Kier molecular flexibility index (Phi) is 4.61. The average Bonchev–Trinajstić information content (AvgIpc) is 3.18. The number of morpholine rings is 1. The summed E-state index contributed by atoms with van der Waals surface area (Å²) < 4.78 is 18.6. The van der Waals surface area contributed by atoms with Gasteiger partial charge in [0.1, 0.15) is 17.9 Å². The molecule has 0 unspecified atom stereocenters. The molecule has 0 saturated carbocycles. The van der Waals surface area contributed by atoms with Crippen molar-refractivity contribution in [1.82, 2.24) is 19.8 Å². The fourth-order valence-electron chi connectivity index (χ4n) is 3.52. The minimum absolute atomic E-state index is 0.384. The van der Waals surface area contributed by atoms with Crippen molar-refractivity contribution in [3.63, 3.8) is 0 Å². The fourth-order valence-corrected chi connectivity index (χ4v) is 3.52. The quantitative estimate of drug-likeness (QED) is 0.518. The number of aromatic nitrogens is 4. The van der Waals surface area contributed by atoms with Crippen molar-refractivity contribution in [3.8, 4) is 11.6 Å². The van der Waals surface area contributed by atoms with Crippen LogP contribution >= 0.6 is 0 Å². The molecule has 0 aliphatic carbocycles. The lowest BCUT2D eigenvalue weighted by Crippen LogP contribution is -2.37. The Balaban J connectivity index is 1.54. The third kappa shape index (κ3) is 3.31. The summed E-state index contributed by atoms with van der Waals surface area (Å²) in [5.74, 6) is 2.06. The molecule has 1 saturated heterocycles. The zero-order valence-corrected chi connectivity index (χ0v) is 16.1. The summed E-state index contributed by atoms with van der Waals surface area (Å²) >= 11 is 0. The number of pyridine rings is 1. The monoisotopic (exact) mass is 391 g/mol. The molecule has 1 aromatic carbocycles. The molecule has 0 spiro atoms. The van der Waals surface area contributed by atoms with E-state index in [1.165, 1.54) is 0 Å². The molecule has 1 fully saturated rings. The van der Waals surface area contributed by atoms with Crippen LogP contribution in [0, 0.1) is 0 Å². The second kappa shape index (κ2) is 7.56. The van der Waals surface area contributed by atoms with E-state index in [2.05, 4.69) is 15.1 Å². The van der Waals surface area contributed by atoms with Gasteiger partial charge >= 0.3 is 0 Å². The van der Waals surface area contributed by atoms with Gasteiger partial charge in [0.2, 0.25) is 5.88 Å². The molecule has 0 radical (unpaired) electrons. The van der Waals surface area contributed by atoms with Gasteiger partial charge in [0, 0.05) is 19.3 Å². The maximum Gasteiger partial charge on any atom is 0.245 e. The van der Waals surface area contributed by atoms with Crippen LogP contribution in [0.3, 0.4) is 0 Å². The maximum absolute atomic E-state index is 6.08. The predicted octanol–water partition coefficient (Wildman–Crippen LogP) is 2.70. The van der Waals surface area contributed by atoms with Crippen molar-refractivity contribution in [2.45, 2.75) is 6.61 Å². The van der Waals surface area contributed by atoms with Gasteiger partial charge in [-0.3, -0.25) is 0 Å². The van der Waals surface area contributed by atoms with Crippen molar-refractivity contribution in [3.05, 3.63) is 54.2 Å². The van der Waals surface area contributed by atoms with Gasteiger partial charge in [0.15, 0.2) is 5.82 Å².